The summed E-state index contributed by atoms with van der Waals surface area (Å²) in [7, 11) is -1.54. The number of hydrogen-bond donors (Lipinski definition) is 1. The molecule has 8 heavy (non-hydrogen) atoms. The van der Waals surface area contributed by atoms with Gasteiger partial charge in [0.2, 0.25) is 0 Å². The highest BCUT2D eigenvalue weighted by molar-refractivity contribution is 7.73. The van der Waals surface area contributed by atoms with Crippen molar-refractivity contribution in [3.05, 3.63) is 12.4 Å². The van der Waals surface area contributed by atoms with Gasteiger partial charge in [-0.2, -0.15) is 0 Å². The van der Waals surface area contributed by atoms with E-state index in [1.165, 1.54) is 12.8 Å². The van der Waals surface area contributed by atoms with Crippen molar-refractivity contribution in [3.8, 4) is 0 Å². The summed E-state index contributed by atoms with van der Waals surface area (Å²) in [6.07, 6.45) is 4.46. The van der Waals surface area contributed by atoms with Gasteiger partial charge in [-0.05, 0) is 31.0 Å². The van der Waals surface area contributed by atoms with Crippen molar-refractivity contribution in [2.45, 2.75) is 12.8 Å². The highest BCUT2D eigenvalue weighted by atomic mass is 31.2. The molecule has 2 heteroatoms. The Morgan fingerprint density at radius 3 is 2.12 bits per heavy atom. The van der Waals surface area contributed by atoms with Crippen molar-refractivity contribution < 1.29 is 4.89 Å². The maximum Gasteiger partial charge on any atom is 0.00424 e. The first kappa shape index (κ1) is 6.25. The fraction of sp³-hybridized carbons (Fsp3) is 0.667. The Labute approximate surface area is 50.8 Å². The van der Waals surface area contributed by atoms with Crippen LogP contribution in [-0.4, -0.2) is 17.2 Å². The minimum absolute atomic E-state index is 1.02. The van der Waals surface area contributed by atoms with Gasteiger partial charge in [-0.15, -0.1) is 0 Å². The van der Waals surface area contributed by atoms with Crippen molar-refractivity contribution in [3.63, 3.8) is 0 Å². The van der Waals surface area contributed by atoms with Gasteiger partial charge >= 0.3 is 0 Å². The first-order valence-corrected chi connectivity index (χ1v) is 5.18. The molecular formula is C6H12OP. The van der Waals surface area contributed by atoms with Crippen LogP contribution in [0.4, 0.5) is 0 Å². The lowest BCUT2D eigenvalue weighted by molar-refractivity contribution is 0.617. The zero-order chi connectivity index (χ0) is 6.04. The van der Waals surface area contributed by atoms with Crippen molar-refractivity contribution in [2.24, 2.45) is 0 Å². The third-order valence-corrected chi connectivity index (χ3v) is 4.54. The summed E-state index contributed by atoms with van der Waals surface area (Å²) >= 11 is 0. The summed E-state index contributed by atoms with van der Waals surface area (Å²) in [6, 6.07) is 0. The Bertz CT molecular complexity index is 94.7. The fourth-order valence-electron chi connectivity index (χ4n) is 1.07. The summed E-state index contributed by atoms with van der Waals surface area (Å²) in [5.41, 5.74) is 0. The Kier molecular flexibility index (Phi) is 1.69. The van der Waals surface area contributed by atoms with Crippen LogP contribution >= 0.6 is 7.49 Å². The van der Waals surface area contributed by atoms with E-state index >= 15 is 0 Å². The molecule has 0 spiro atoms. The zero-order valence-electron chi connectivity index (χ0n) is 5.01. The van der Waals surface area contributed by atoms with E-state index in [-0.39, 0.29) is 0 Å². The molecule has 1 N–H and O–H groups in total. The first-order chi connectivity index (χ1) is 3.77. The average molecular weight is 131 g/mol. The SMILES string of the molecule is C=C[P]1(O)CCCC1. The van der Waals surface area contributed by atoms with E-state index in [0.29, 0.717) is 0 Å². The van der Waals surface area contributed by atoms with Crippen LogP contribution in [0.5, 0.6) is 0 Å². The molecule has 1 heterocycles. The van der Waals surface area contributed by atoms with Gasteiger partial charge < -0.3 is 4.89 Å². The van der Waals surface area contributed by atoms with Gasteiger partial charge in [0.25, 0.3) is 0 Å². The van der Waals surface area contributed by atoms with Gasteiger partial charge in [-0.3, -0.25) is 0 Å². The third kappa shape index (κ3) is 1.10. The summed E-state index contributed by atoms with van der Waals surface area (Å²) < 4.78 is 0. The quantitative estimate of drug-likeness (QED) is 0.538. The molecule has 1 fully saturated rings. The van der Waals surface area contributed by atoms with Crippen molar-refractivity contribution >= 4 is 7.49 Å². The van der Waals surface area contributed by atoms with Crippen LogP contribution in [-0.2, 0) is 0 Å². The number of rotatable bonds is 1. The van der Waals surface area contributed by atoms with Gasteiger partial charge in [-0.25, -0.2) is 0 Å². The van der Waals surface area contributed by atoms with Crippen LogP contribution in [0.1, 0.15) is 12.8 Å². The maximum absolute atomic E-state index is 9.49. The molecule has 1 radical (unpaired) electrons. The lowest BCUT2D eigenvalue weighted by atomic mass is 10.4. The van der Waals surface area contributed by atoms with Crippen LogP contribution in [0.2, 0.25) is 0 Å². The molecule has 1 aliphatic heterocycles. The van der Waals surface area contributed by atoms with E-state index in [1.807, 2.05) is 0 Å². The van der Waals surface area contributed by atoms with Crippen LogP contribution in [0.25, 0.3) is 0 Å². The minimum Gasteiger partial charge on any atom is -0.376 e. The smallest absolute Gasteiger partial charge is 0.00424 e. The van der Waals surface area contributed by atoms with Crippen LogP contribution < -0.4 is 0 Å². The Morgan fingerprint density at radius 1 is 1.38 bits per heavy atom. The first-order valence-electron chi connectivity index (χ1n) is 3.00. The van der Waals surface area contributed by atoms with Crippen LogP contribution in [0, 0.1) is 0 Å². The van der Waals surface area contributed by atoms with Crippen LogP contribution in [0.15, 0.2) is 12.4 Å². The van der Waals surface area contributed by atoms with Crippen molar-refractivity contribution in [1.29, 1.82) is 0 Å². The summed E-state index contributed by atoms with van der Waals surface area (Å²) in [4.78, 5) is 9.49. The van der Waals surface area contributed by atoms with Gasteiger partial charge in [0.1, 0.15) is 0 Å². The molecule has 0 unspecified atom stereocenters. The monoisotopic (exact) mass is 131 g/mol. The van der Waals surface area contributed by atoms with Gasteiger partial charge in [0.05, 0.1) is 0 Å². The van der Waals surface area contributed by atoms with E-state index < -0.39 is 7.49 Å². The summed E-state index contributed by atoms with van der Waals surface area (Å²) in [6.45, 7) is 3.61. The lowest BCUT2D eigenvalue weighted by Crippen LogP contribution is -1.86. The summed E-state index contributed by atoms with van der Waals surface area (Å²) in [5, 5.41) is 0. The van der Waals surface area contributed by atoms with Gasteiger partial charge in [0.15, 0.2) is 0 Å². The second kappa shape index (κ2) is 2.16. The van der Waals surface area contributed by atoms with E-state index in [0.717, 1.165) is 12.3 Å². The second-order valence-corrected chi connectivity index (χ2v) is 5.56. The standard InChI is InChI=1S/C6H12OP/c1-2-8(7)5-3-4-6-8/h2,7H,1,3-6H2. The van der Waals surface area contributed by atoms with Crippen molar-refractivity contribution in [1.82, 2.24) is 0 Å². The van der Waals surface area contributed by atoms with E-state index in [2.05, 4.69) is 6.58 Å². The minimum atomic E-state index is -1.54. The molecule has 1 rings (SSSR count). The van der Waals surface area contributed by atoms with E-state index in [9.17, 15) is 4.89 Å². The molecule has 0 aromatic rings. The molecule has 1 nitrogen and oxygen atoms in total. The Hall–Kier alpha value is 0.130. The average Bonchev–Trinajstić information content (AvgIpc) is 2.17. The third-order valence-electron chi connectivity index (χ3n) is 1.68. The predicted molar refractivity (Wildman–Crippen MR) is 38.3 cm³/mol. The van der Waals surface area contributed by atoms with Gasteiger partial charge in [-0.1, -0.05) is 6.58 Å². The molecule has 0 aliphatic carbocycles. The van der Waals surface area contributed by atoms with Gasteiger partial charge in [0, 0.05) is 7.49 Å². The zero-order valence-corrected chi connectivity index (χ0v) is 5.90. The fourth-order valence-corrected chi connectivity index (χ4v) is 3.20. The second-order valence-electron chi connectivity index (χ2n) is 2.32. The molecular weight excluding hydrogens is 119 g/mol. The van der Waals surface area contributed by atoms with E-state index in [4.69, 9.17) is 0 Å². The highest BCUT2D eigenvalue weighted by Gasteiger charge is 2.24. The molecule has 0 saturated carbocycles. The molecule has 1 saturated heterocycles. The Balaban J connectivity index is 2.52. The Morgan fingerprint density at radius 2 is 1.88 bits per heavy atom. The molecule has 0 aromatic carbocycles. The molecule has 0 amide bonds. The largest absolute Gasteiger partial charge is 0.376 e. The molecule has 0 atom stereocenters. The van der Waals surface area contributed by atoms with E-state index in [1.54, 1.807) is 5.82 Å². The molecule has 0 aromatic heterocycles. The maximum atomic E-state index is 9.49. The summed E-state index contributed by atoms with van der Waals surface area (Å²) in [5.74, 6) is 1.78. The normalized spacial score (nSPS) is 25.6. The van der Waals surface area contributed by atoms with Crippen molar-refractivity contribution in [2.75, 3.05) is 12.3 Å². The lowest BCUT2D eigenvalue weighted by Gasteiger charge is -2.17. The molecule has 1 aliphatic rings. The molecule has 47 valence electrons. The van der Waals surface area contributed by atoms with Crippen LogP contribution in [0.3, 0.4) is 0 Å². The number of hydrogen-bond acceptors (Lipinski definition) is 1. The topological polar surface area (TPSA) is 20.2 Å². The highest BCUT2D eigenvalue weighted by Crippen LogP contribution is 2.60. The predicted octanol–water partition coefficient (Wildman–Crippen LogP) is 1.85. The molecule has 0 bridgehead atoms.